The molecule has 1 N–H and O–H groups in total. The van der Waals surface area contributed by atoms with Crippen LogP contribution < -0.4 is 14.8 Å². The van der Waals surface area contributed by atoms with Crippen molar-refractivity contribution in [2.24, 2.45) is 7.05 Å². The summed E-state index contributed by atoms with van der Waals surface area (Å²) in [4.78, 5) is 25.9. The van der Waals surface area contributed by atoms with Crippen LogP contribution in [-0.4, -0.2) is 53.7 Å². The zero-order valence-electron chi connectivity index (χ0n) is 19.3. The number of anilines is 1. The minimum Gasteiger partial charge on any atom is -0.493 e. The number of methoxy groups -OCH3 is 3. The Bertz CT molecular complexity index is 1170. The number of rotatable bonds is 9. The first-order valence-corrected chi connectivity index (χ1v) is 11.9. The van der Waals surface area contributed by atoms with Crippen molar-refractivity contribution >= 4 is 40.0 Å². The van der Waals surface area contributed by atoms with Crippen LogP contribution in [0.1, 0.15) is 27.7 Å². The number of thioether (sulfide) groups is 1. The number of hydrogen-bond acceptors (Lipinski definition) is 9. The van der Waals surface area contributed by atoms with Crippen LogP contribution in [0.25, 0.3) is 11.4 Å². The summed E-state index contributed by atoms with van der Waals surface area (Å²) in [6.07, 6.45) is 0.676. The lowest BCUT2D eigenvalue weighted by atomic mass is 10.1. The summed E-state index contributed by atoms with van der Waals surface area (Å²) in [7, 11) is 6.31. The molecule has 3 aromatic rings. The molecule has 9 nitrogen and oxygen atoms in total. The van der Waals surface area contributed by atoms with Gasteiger partial charge in [0.1, 0.15) is 5.00 Å². The molecular formula is C22H26N4O5S2. The first-order chi connectivity index (χ1) is 15.8. The fourth-order valence-corrected chi connectivity index (χ4v) is 5.23. The van der Waals surface area contributed by atoms with Crippen LogP contribution >= 0.6 is 23.1 Å². The zero-order chi connectivity index (χ0) is 24.1. The summed E-state index contributed by atoms with van der Waals surface area (Å²) in [5, 5.41) is 12.4. The third-order valence-electron chi connectivity index (χ3n) is 5.01. The third-order valence-corrected chi connectivity index (χ3v) is 7.10. The molecular weight excluding hydrogens is 464 g/mol. The SMILES string of the molecule is CCc1c(C)sc(NC(=O)CSc2nnc(-c3ccc(OC)c(OC)c3)n2C)c1C(=O)OC. The van der Waals surface area contributed by atoms with Crippen LogP contribution in [0.4, 0.5) is 5.00 Å². The van der Waals surface area contributed by atoms with Gasteiger partial charge in [0.2, 0.25) is 5.91 Å². The zero-order valence-corrected chi connectivity index (χ0v) is 21.0. The number of benzene rings is 1. The second-order valence-electron chi connectivity index (χ2n) is 6.96. The molecule has 0 spiro atoms. The Kier molecular flexibility index (Phi) is 7.98. The van der Waals surface area contributed by atoms with Gasteiger partial charge in [0.05, 0.1) is 32.6 Å². The number of esters is 1. The summed E-state index contributed by atoms with van der Waals surface area (Å²) in [6, 6.07) is 5.49. The maximum atomic E-state index is 12.6. The summed E-state index contributed by atoms with van der Waals surface area (Å²) < 4.78 is 17.4. The number of carbonyl (C=O) groups is 2. The molecule has 0 unspecified atom stereocenters. The summed E-state index contributed by atoms with van der Waals surface area (Å²) in [6.45, 7) is 3.89. The van der Waals surface area contributed by atoms with Crippen LogP contribution in [0.3, 0.4) is 0 Å². The van der Waals surface area contributed by atoms with E-state index in [2.05, 4.69) is 15.5 Å². The van der Waals surface area contributed by atoms with Crippen LogP contribution in [0.15, 0.2) is 23.4 Å². The molecule has 176 valence electrons. The molecule has 11 heteroatoms. The highest BCUT2D eigenvalue weighted by Gasteiger charge is 2.23. The summed E-state index contributed by atoms with van der Waals surface area (Å²) in [5.74, 6) is 1.25. The van der Waals surface area contributed by atoms with E-state index in [9.17, 15) is 9.59 Å². The molecule has 0 bridgehead atoms. The molecule has 1 amide bonds. The number of amides is 1. The average Bonchev–Trinajstić information content (AvgIpc) is 3.34. The summed E-state index contributed by atoms with van der Waals surface area (Å²) >= 11 is 2.63. The van der Waals surface area contributed by atoms with Crippen molar-refractivity contribution in [3.63, 3.8) is 0 Å². The number of nitrogens with one attached hydrogen (secondary N) is 1. The van der Waals surface area contributed by atoms with Gasteiger partial charge in [0.15, 0.2) is 22.5 Å². The van der Waals surface area contributed by atoms with Crippen molar-refractivity contribution in [2.75, 3.05) is 32.4 Å². The van der Waals surface area contributed by atoms with Crippen molar-refractivity contribution in [1.29, 1.82) is 0 Å². The number of ether oxygens (including phenoxy) is 3. The molecule has 2 heterocycles. The third kappa shape index (κ3) is 5.14. The largest absolute Gasteiger partial charge is 0.493 e. The van der Waals surface area contributed by atoms with Crippen molar-refractivity contribution < 1.29 is 23.8 Å². The maximum Gasteiger partial charge on any atom is 0.341 e. The fraction of sp³-hybridized carbons (Fsp3) is 0.364. The van der Waals surface area contributed by atoms with Crippen LogP contribution in [0, 0.1) is 6.92 Å². The first-order valence-electron chi connectivity index (χ1n) is 10.1. The van der Waals surface area contributed by atoms with Gasteiger partial charge < -0.3 is 24.1 Å². The molecule has 0 aliphatic heterocycles. The average molecular weight is 491 g/mol. The maximum absolute atomic E-state index is 12.6. The molecule has 33 heavy (non-hydrogen) atoms. The predicted molar refractivity (Wildman–Crippen MR) is 129 cm³/mol. The molecule has 0 saturated heterocycles. The van der Waals surface area contributed by atoms with E-state index in [-0.39, 0.29) is 11.7 Å². The highest BCUT2D eigenvalue weighted by Crippen LogP contribution is 2.35. The van der Waals surface area contributed by atoms with Crippen molar-refractivity contribution in [1.82, 2.24) is 14.8 Å². The Hall–Kier alpha value is -3.05. The minimum absolute atomic E-state index is 0.108. The number of carbonyl (C=O) groups excluding carboxylic acids is 2. The van der Waals surface area contributed by atoms with Gasteiger partial charge in [-0.2, -0.15) is 0 Å². The van der Waals surface area contributed by atoms with Gasteiger partial charge in [0, 0.05) is 17.5 Å². The molecule has 0 aliphatic carbocycles. The molecule has 0 radical (unpaired) electrons. The van der Waals surface area contributed by atoms with E-state index in [1.54, 1.807) is 20.3 Å². The Balaban J connectivity index is 1.73. The Morgan fingerprint density at radius 3 is 2.52 bits per heavy atom. The van der Waals surface area contributed by atoms with E-state index < -0.39 is 5.97 Å². The number of aromatic nitrogens is 3. The van der Waals surface area contributed by atoms with E-state index in [4.69, 9.17) is 14.2 Å². The monoisotopic (exact) mass is 490 g/mol. The van der Waals surface area contributed by atoms with Crippen molar-refractivity contribution in [3.8, 4) is 22.9 Å². The quantitative estimate of drug-likeness (QED) is 0.355. The lowest BCUT2D eigenvalue weighted by Crippen LogP contribution is -2.16. The molecule has 0 aliphatic rings. The standard InChI is InChI=1S/C22H26N4O5S2/c1-7-14-12(2)33-20(18(14)21(28)31-6)23-17(27)11-32-22-25-24-19(26(22)3)13-8-9-15(29-4)16(10-13)30-5/h8-10H,7,11H2,1-6H3,(H,23,27). The van der Waals surface area contributed by atoms with Gasteiger partial charge in [-0.3, -0.25) is 4.79 Å². The first kappa shape index (κ1) is 24.6. The van der Waals surface area contributed by atoms with E-state index in [0.29, 0.717) is 39.5 Å². The minimum atomic E-state index is -0.452. The second kappa shape index (κ2) is 10.7. The van der Waals surface area contributed by atoms with Crippen LogP contribution in [0.2, 0.25) is 0 Å². The fourth-order valence-electron chi connectivity index (χ4n) is 3.37. The van der Waals surface area contributed by atoms with E-state index in [0.717, 1.165) is 16.0 Å². The second-order valence-corrected chi connectivity index (χ2v) is 9.13. The van der Waals surface area contributed by atoms with E-state index in [1.165, 1.54) is 30.2 Å². The van der Waals surface area contributed by atoms with Crippen LogP contribution in [-0.2, 0) is 23.0 Å². The highest BCUT2D eigenvalue weighted by molar-refractivity contribution is 7.99. The lowest BCUT2D eigenvalue weighted by Gasteiger charge is -2.09. The molecule has 0 fully saturated rings. The van der Waals surface area contributed by atoms with Gasteiger partial charge in [-0.05, 0) is 37.1 Å². The van der Waals surface area contributed by atoms with E-state index in [1.807, 2.05) is 37.6 Å². The molecule has 0 saturated carbocycles. The van der Waals surface area contributed by atoms with Crippen molar-refractivity contribution in [2.45, 2.75) is 25.4 Å². The smallest absolute Gasteiger partial charge is 0.341 e. The van der Waals surface area contributed by atoms with Crippen molar-refractivity contribution in [3.05, 3.63) is 34.2 Å². The molecule has 1 aromatic carbocycles. The molecule has 3 rings (SSSR count). The van der Waals surface area contributed by atoms with Gasteiger partial charge in [-0.15, -0.1) is 21.5 Å². The van der Waals surface area contributed by atoms with Gasteiger partial charge in [-0.25, -0.2) is 4.79 Å². The normalized spacial score (nSPS) is 10.7. The number of aryl methyl sites for hydroxylation is 1. The number of hydrogen-bond donors (Lipinski definition) is 1. The van der Waals surface area contributed by atoms with Crippen LogP contribution in [0.5, 0.6) is 11.5 Å². The highest BCUT2D eigenvalue weighted by atomic mass is 32.2. The topological polar surface area (TPSA) is 105 Å². The number of nitrogens with zero attached hydrogens (tertiary/aromatic N) is 3. The van der Waals surface area contributed by atoms with Gasteiger partial charge in [0.25, 0.3) is 0 Å². The predicted octanol–water partition coefficient (Wildman–Crippen LogP) is 3.95. The molecule has 0 atom stereocenters. The molecule has 2 aromatic heterocycles. The Labute approximate surface area is 200 Å². The van der Waals surface area contributed by atoms with E-state index >= 15 is 0 Å². The lowest BCUT2D eigenvalue weighted by molar-refractivity contribution is -0.113. The Morgan fingerprint density at radius 2 is 1.88 bits per heavy atom. The number of thiophene rings is 1. The Morgan fingerprint density at radius 1 is 1.15 bits per heavy atom. The summed E-state index contributed by atoms with van der Waals surface area (Å²) in [5.41, 5.74) is 2.13. The van der Waals surface area contributed by atoms with Gasteiger partial charge >= 0.3 is 5.97 Å². The van der Waals surface area contributed by atoms with Gasteiger partial charge in [-0.1, -0.05) is 18.7 Å².